The Kier molecular flexibility index (Phi) is 3.82. The second-order valence-electron chi connectivity index (χ2n) is 6.85. The standard InChI is InChI=1S/C21H24B/c1-14-12-16(3)21(17(4)13-14)22(5)20-11-10-15(2)18-8-6-7-9-19(18)20/h6-13,22H,1-5H3/q-1. The molecule has 0 radical (unpaired) electrons. The molecule has 0 aromatic heterocycles. The Labute approximate surface area is 134 Å². The summed E-state index contributed by atoms with van der Waals surface area (Å²) in [4.78, 5) is 0. The molecule has 3 aromatic rings. The molecule has 1 unspecified atom stereocenters. The number of hydrogen-bond acceptors (Lipinski definition) is 0. The van der Waals surface area contributed by atoms with Crippen molar-refractivity contribution in [2.75, 3.05) is 0 Å². The van der Waals surface area contributed by atoms with E-state index < -0.39 is 6.71 Å². The molecule has 0 aliphatic carbocycles. The van der Waals surface area contributed by atoms with E-state index in [-0.39, 0.29) is 0 Å². The van der Waals surface area contributed by atoms with Crippen LogP contribution in [0.4, 0.5) is 0 Å². The molecule has 3 aromatic carbocycles. The lowest BCUT2D eigenvalue weighted by atomic mass is 9.40. The van der Waals surface area contributed by atoms with Crippen LogP contribution in [0.5, 0.6) is 0 Å². The highest BCUT2D eigenvalue weighted by atomic mass is 14.1. The average Bonchev–Trinajstić information content (AvgIpc) is 2.46. The highest BCUT2D eigenvalue weighted by molar-refractivity contribution is 6.86. The minimum Gasteiger partial charge on any atom is -0.203 e. The van der Waals surface area contributed by atoms with E-state index in [4.69, 9.17) is 0 Å². The summed E-state index contributed by atoms with van der Waals surface area (Å²) in [6.07, 6.45) is 0. The molecule has 0 amide bonds. The second kappa shape index (κ2) is 5.64. The summed E-state index contributed by atoms with van der Waals surface area (Å²) < 4.78 is 0. The van der Waals surface area contributed by atoms with Crippen LogP contribution in [-0.2, 0) is 0 Å². The van der Waals surface area contributed by atoms with Crippen molar-refractivity contribution in [2.45, 2.75) is 34.5 Å². The van der Waals surface area contributed by atoms with Gasteiger partial charge in [-0.05, 0) is 38.6 Å². The van der Waals surface area contributed by atoms with E-state index in [1.807, 2.05) is 0 Å². The molecule has 0 spiro atoms. The number of hydrogen-bond donors (Lipinski definition) is 0. The van der Waals surface area contributed by atoms with Crippen molar-refractivity contribution >= 4 is 28.4 Å². The maximum Gasteiger partial charge on any atom is 0.0380 e. The fraction of sp³-hybridized carbons (Fsp3) is 0.238. The van der Waals surface area contributed by atoms with Gasteiger partial charge in [0.1, 0.15) is 0 Å². The number of rotatable bonds is 2. The van der Waals surface area contributed by atoms with Crippen molar-refractivity contribution < 1.29 is 0 Å². The molecular weight excluding hydrogens is 263 g/mol. The van der Waals surface area contributed by atoms with Gasteiger partial charge in [0.25, 0.3) is 0 Å². The lowest BCUT2D eigenvalue weighted by Gasteiger charge is -2.27. The topological polar surface area (TPSA) is 0 Å². The Morgan fingerprint density at radius 2 is 1.27 bits per heavy atom. The first kappa shape index (κ1) is 14.9. The third kappa shape index (κ3) is 2.45. The van der Waals surface area contributed by atoms with Gasteiger partial charge in [-0.1, -0.05) is 70.6 Å². The van der Waals surface area contributed by atoms with Crippen LogP contribution < -0.4 is 10.9 Å². The van der Waals surface area contributed by atoms with Gasteiger partial charge in [0.05, 0.1) is 0 Å². The predicted molar refractivity (Wildman–Crippen MR) is 102 cm³/mol. The SMILES string of the molecule is C[BH-](c1c(C)cc(C)cc1C)c1ccc(C)c2ccccc12. The number of aryl methyl sites for hydroxylation is 4. The van der Waals surface area contributed by atoms with Gasteiger partial charge in [0, 0.05) is 6.71 Å². The molecule has 0 fully saturated rings. The zero-order valence-electron chi connectivity index (χ0n) is 14.3. The molecule has 0 bridgehead atoms. The molecule has 22 heavy (non-hydrogen) atoms. The van der Waals surface area contributed by atoms with Crippen molar-refractivity contribution in [1.82, 2.24) is 0 Å². The van der Waals surface area contributed by atoms with Crippen LogP contribution in [-0.4, -0.2) is 6.71 Å². The molecule has 0 saturated carbocycles. The molecular formula is C21H24B-. The van der Waals surface area contributed by atoms with Crippen molar-refractivity contribution in [3.05, 3.63) is 70.8 Å². The number of fused-ring (bicyclic) bond motifs is 1. The Morgan fingerprint density at radius 1 is 0.682 bits per heavy atom. The van der Waals surface area contributed by atoms with Gasteiger partial charge in [-0.15, -0.1) is 0 Å². The van der Waals surface area contributed by atoms with E-state index >= 15 is 0 Å². The van der Waals surface area contributed by atoms with Crippen molar-refractivity contribution in [3.63, 3.8) is 0 Å². The minimum absolute atomic E-state index is 0.550. The van der Waals surface area contributed by atoms with Gasteiger partial charge < -0.3 is 0 Å². The first-order chi connectivity index (χ1) is 10.5. The Bertz CT molecular complexity index is 823. The van der Waals surface area contributed by atoms with Crippen LogP contribution in [0.15, 0.2) is 48.5 Å². The highest BCUT2D eigenvalue weighted by Crippen LogP contribution is 2.17. The smallest absolute Gasteiger partial charge is 0.0380 e. The summed E-state index contributed by atoms with van der Waals surface area (Å²) in [6, 6.07) is 18.1. The van der Waals surface area contributed by atoms with Gasteiger partial charge >= 0.3 is 0 Å². The molecule has 0 aliphatic heterocycles. The zero-order chi connectivity index (χ0) is 15.9. The first-order valence-corrected chi connectivity index (χ1v) is 8.31. The molecule has 1 atom stereocenters. The van der Waals surface area contributed by atoms with Crippen molar-refractivity contribution in [3.8, 4) is 0 Å². The fourth-order valence-corrected chi connectivity index (χ4v) is 4.21. The summed E-state index contributed by atoms with van der Waals surface area (Å²) in [7, 11) is 0. The van der Waals surface area contributed by atoms with E-state index in [0.717, 1.165) is 0 Å². The lowest BCUT2D eigenvalue weighted by Crippen LogP contribution is -2.42. The molecule has 112 valence electrons. The van der Waals surface area contributed by atoms with Crippen LogP contribution in [0.25, 0.3) is 10.8 Å². The normalized spacial score (nSPS) is 12.6. The Hall–Kier alpha value is -2.02. The van der Waals surface area contributed by atoms with Crippen LogP contribution >= 0.6 is 0 Å². The van der Waals surface area contributed by atoms with Crippen LogP contribution in [0.3, 0.4) is 0 Å². The van der Waals surface area contributed by atoms with E-state index in [1.165, 1.54) is 38.5 Å². The molecule has 0 heterocycles. The predicted octanol–water partition coefficient (Wildman–Crippen LogP) is 4.04. The quantitative estimate of drug-likeness (QED) is 0.624. The second-order valence-corrected chi connectivity index (χ2v) is 6.85. The largest absolute Gasteiger partial charge is 0.203 e. The van der Waals surface area contributed by atoms with Crippen LogP contribution in [0, 0.1) is 27.7 Å². The van der Waals surface area contributed by atoms with Gasteiger partial charge in [0.15, 0.2) is 0 Å². The Balaban J connectivity index is 2.22. The highest BCUT2D eigenvalue weighted by Gasteiger charge is 2.11. The fourth-order valence-electron chi connectivity index (χ4n) is 4.21. The van der Waals surface area contributed by atoms with E-state index in [0.29, 0.717) is 0 Å². The van der Waals surface area contributed by atoms with Gasteiger partial charge in [-0.2, -0.15) is 6.82 Å². The maximum atomic E-state index is 2.42. The van der Waals surface area contributed by atoms with Gasteiger partial charge in [-0.3, -0.25) is 0 Å². The summed E-state index contributed by atoms with van der Waals surface area (Å²) >= 11 is 0. The Morgan fingerprint density at radius 3 is 1.91 bits per heavy atom. The summed E-state index contributed by atoms with van der Waals surface area (Å²) in [5, 5.41) is 2.81. The number of benzene rings is 3. The van der Waals surface area contributed by atoms with Gasteiger partial charge in [0.2, 0.25) is 0 Å². The molecule has 0 aliphatic rings. The molecule has 0 saturated heterocycles. The first-order valence-electron chi connectivity index (χ1n) is 8.31. The van der Waals surface area contributed by atoms with Crippen molar-refractivity contribution in [2.24, 2.45) is 0 Å². The van der Waals surface area contributed by atoms with E-state index in [1.54, 1.807) is 5.46 Å². The molecule has 1 heteroatoms. The zero-order valence-corrected chi connectivity index (χ0v) is 14.3. The van der Waals surface area contributed by atoms with Crippen LogP contribution in [0.1, 0.15) is 22.3 Å². The third-order valence-electron chi connectivity index (χ3n) is 5.17. The van der Waals surface area contributed by atoms with E-state index in [9.17, 15) is 0 Å². The molecule has 3 rings (SSSR count). The summed E-state index contributed by atoms with van der Waals surface area (Å²) in [5.41, 5.74) is 8.66. The maximum absolute atomic E-state index is 2.42. The minimum atomic E-state index is -0.550. The van der Waals surface area contributed by atoms with Crippen molar-refractivity contribution in [1.29, 1.82) is 0 Å². The monoisotopic (exact) mass is 287 g/mol. The molecule has 0 N–H and O–H groups in total. The molecule has 0 nitrogen and oxygen atoms in total. The van der Waals surface area contributed by atoms with Crippen LogP contribution in [0.2, 0.25) is 6.82 Å². The van der Waals surface area contributed by atoms with Gasteiger partial charge in [-0.25, -0.2) is 10.9 Å². The van der Waals surface area contributed by atoms with E-state index in [2.05, 4.69) is 83.0 Å². The lowest BCUT2D eigenvalue weighted by molar-refractivity contribution is 1.35. The average molecular weight is 287 g/mol. The summed E-state index contributed by atoms with van der Waals surface area (Å²) in [6.45, 7) is 10.8. The third-order valence-corrected chi connectivity index (χ3v) is 5.17. The summed E-state index contributed by atoms with van der Waals surface area (Å²) in [5.74, 6) is 0.